The smallest absolute Gasteiger partial charge is 0.254 e. The maximum atomic E-state index is 12.2. The molecule has 0 radical (unpaired) electrons. The van der Waals surface area contributed by atoms with Crippen LogP contribution in [-0.4, -0.2) is 25.2 Å². The molecule has 0 saturated heterocycles. The summed E-state index contributed by atoms with van der Waals surface area (Å²) >= 11 is 0. The fourth-order valence-corrected chi connectivity index (χ4v) is 2.73. The molecule has 0 unspecified atom stereocenters. The van der Waals surface area contributed by atoms with Gasteiger partial charge in [-0.05, 0) is 41.0 Å². The van der Waals surface area contributed by atoms with Gasteiger partial charge in [0, 0.05) is 12.6 Å². The van der Waals surface area contributed by atoms with Crippen molar-refractivity contribution < 1.29 is 14.6 Å². The molecule has 3 rings (SSSR count). The van der Waals surface area contributed by atoms with Crippen molar-refractivity contribution in [3.05, 3.63) is 72.3 Å². The molecular formula is C21H19NO3. The van der Waals surface area contributed by atoms with Gasteiger partial charge in [0.2, 0.25) is 0 Å². The van der Waals surface area contributed by atoms with E-state index >= 15 is 0 Å². The van der Waals surface area contributed by atoms with E-state index in [9.17, 15) is 9.90 Å². The van der Waals surface area contributed by atoms with Crippen LogP contribution in [0.4, 0.5) is 0 Å². The lowest BCUT2D eigenvalue weighted by Crippen LogP contribution is -2.18. The first-order valence-corrected chi connectivity index (χ1v) is 7.93. The topological polar surface area (TPSA) is 58.6 Å². The summed E-state index contributed by atoms with van der Waals surface area (Å²) in [6.07, 6.45) is 0. The number of phenols is 1. The number of hydrogen-bond donors (Lipinski definition) is 2. The third kappa shape index (κ3) is 3.33. The highest BCUT2D eigenvalue weighted by Crippen LogP contribution is 2.37. The molecule has 4 heteroatoms. The number of ether oxygens (including phenoxy) is 1. The van der Waals surface area contributed by atoms with E-state index in [2.05, 4.69) is 5.32 Å². The van der Waals surface area contributed by atoms with Gasteiger partial charge >= 0.3 is 0 Å². The maximum absolute atomic E-state index is 12.2. The summed E-state index contributed by atoms with van der Waals surface area (Å²) in [5.74, 6) is 0.408. The van der Waals surface area contributed by atoms with Crippen LogP contribution >= 0.6 is 0 Å². The van der Waals surface area contributed by atoms with Gasteiger partial charge in [0.05, 0.1) is 12.7 Å². The number of nitrogens with one attached hydrogen (secondary N) is 1. The standard InChI is InChI=1S/C21H19NO3/c1-22-21(24)19-13-16(14-8-10-17(25-2)11-9-14)12-18(20(19)23)15-6-4-3-5-7-15/h3-13,23H,1-2H3,(H,22,24). The fraction of sp³-hybridized carbons (Fsp3) is 0.0952. The Bertz CT molecular complexity index is 887. The lowest BCUT2D eigenvalue weighted by molar-refractivity contribution is 0.0960. The van der Waals surface area contributed by atoms with Gasteiger partial charge in [-0.3, -0.25) is 4.79 Å². The minimum Gasteiger partial charge on any atom is -0.506 e. The third-order valence-corrected chi connectivity index (χ3v) is 4.09. The predicted octanol–water partition coefficient (Wildman–Crippen LogP) is 4.09. The van der Waals surface area contributed by atoms with Crippen molar-refractivity contribution in [1.29, 1.82) is 0 Å². The highest BCUT2D eigenvalue weighted by molar-refractivity contribution is 6.01. The summed E-state index contributed by atoms with van der Waals surface area (Å²) in [4.78, 5) is 12.2. The molecule has 1 amide bonds. The average molecular weight is 333 g/mol. The van der Waals surface area contributed by atoms with Crippen LogP contribution in [0, 0.1) is 0 Å². The molecule has 0 heterocycles. The monoisotopic (exact) mass is 333 g/mol. The number of benzene rings is 3. The Morgan fingerprint density at radius 3 is 2.20 bits per heavy atom. The Morgan fingerprint density at radius 2 is 1.60 bits per heavy atom. The van der Waals surface area contributed by atoms with E-state index in [1.165, 1.54) is 0 Å². The van der Waals surface area contributed by atoms with Crippen LogP contribution in [0.15, 0.2) is 66.7 Å². The van der Waals surface area contributed by atoms with Crippen LogP contribution in [-0.2, 0) is 0 Å². The molecule has 0 aromatic heterocycles. The molecular weight excluding hydrogens is 314 g/mol. The molecule has 25 heavy (non-hydrogen) atoms. The van der Waals surface area contributed by atoms with E-state index < -0.39 is 0 Å². The van der Waals surface area contributed by atoms with Gasteiger partial charge in [-0.15, -0.1) is 0 Å². The summed E-state index contributed by atoms with van der Waals surface area (Å²) in [6, 6.07) is 20.7. The second-order valence-corrected chi connectivity index (χ2v) is 5.59. The maximum Gasteiger partial charge on any atom is 0.254 e. The van der Waals surface area contributed by atoms with Gasteiger partial charge in [-0.2, -0.15) is 0 Å². The van der Waals surface area contributed by atoms with Crippen LogP contribution in [0.1, 0.15) is 10.4 Å². The number of carbonyl (C=O) groups excluding carboxylic acids is 1. The van der Waals surface area contributed by atoms with Crippen molar-refractivity contribution in [3.8, 4) is 33.8 Å². The number of methoxy groups -OCH3 is 1. The zero-order valence-corrected chi connectivity index (χ0v) is 14.1. The second-order valence-electron chi connectivity index (χ2n) is 5.59. The molecule has 0 aliphatic rings. The van der Waals surface area contributed by atoms with Gasteiger partial charge < -0.3 is 15.2 Å². The highest BCUT2D eigenvalue weighted by Gasteiger charge is 2.17. The first kappa shape index (κ1) is 16.6. The van der Waals surface area contributed by atoms with Gasteiger partial charge in [-0.25, -0.2) is 0 Å². The summed E-state index contributed by atoms with van der Waals surface area (Å²) in [7, 11) is 3.16. The molecule has 3 aromatic carbocycles. The number of rotatable bonds is 4. The quantitative estimate of drug-likeness (QED) is 0.756. The van der Waals surface area contributed by atoms with E-state index in [1.54, 1.807) is 20.2 Å². The lowest BCUT2D eigenvalue weighted by Gasteiger charge is -2.13. The first-order valence-electron chi connectivity index (χ1n) is 7.93. The SMILES string of the molecule is CNC(=O)c1cc(-c2ccc(OC)cc2)cc(-c2ccccc2)c1O. The van der Waals surface area contributed by atoms with E-state index in [0.29, 0.717) is 5.56 Å². The Morgan fingerprint density at radius 1 is 0.920 bits per heavy atom. The summed E-state index contributed by atoms with van der Waals surface area (Å²) in [5.41, 5.74) is 3.49. The van der Waals surface area contributed by atoms with E-state index in [4.69, 9.17) is 4.74 Å². The van der Waals surface area contributed by atoms with Gasteiger partial charge in [0.15, 0.2) is 0 Å². The summed E-state index contributed by atoms with van der Waals surface area (Å²) < 4.78 is 5.19. The summed E-state index contributed by atoms with van der Waals surface area (Å²) in [6.45, 7) is 0. The Balaban J connectivity index is 2.19. The van der Waals surface area contributed by atoms with Gasteiger partial charge in [-0.1, -0.05) is 42.5 Å². The zero-order chi connectivity index (χ0) is 17.8. The van der Waals surface area contributed by atoms with Crippen molar-refractivity contribution >= 4 is 5.91 Å². The van der Waals surface area contributed by atoms with Crippen molar-refractivity contribution in [1.82, 2.24) is 5.32 Å². The normalized spacial score (nSPS) is 10.3. The van der Waals surface area contributed by atoms with Crippen LogP contribution in [0.5, 0.6) is 11.5 Å². The number of hydrogen-bond acceptors (Lipinski definition) is 3. The second kappa shape index (κ2) is 7.09. The number of aromatic hydroxyl groups is 1. The van der Waals surface area contributed by atoms with Crippen LogP contribution < -0.4 is 10.1 Å². The number of amides is 1. The van der Waals surface area contributed by atoms with E-state index in [0.717, 1.165) is 22.4 Å². The van der Waals surface area contributed by atoms with Crippen LogP contribution in [0.3, 0.4) is 0 Å². The van der Waals surface area contributed by atoms with Crippen LogP contribution in [0.2, 0.25) is 0 Å². The number of carbonyl (C=O) groups is 1. The average Bonchev–Trinajstić information content (AvgIpc) is 2.68. The molecule has 0 bridgehead atoms. The van der Waals surface area contributed by atoms with Crippen molar-refractivity contribution in [2.24, 2.45) is 0 Å². The Hall–Kier alpha value is -3.27. The number of phenolic OH excluding ortho intramolecular Hbond substituents is 1. The highest BCUT2D eigenvalue weighted by atomic mass is 16.5. The Kier molecular flexibility index (Phi) is 4.70. The molecule has 0 aliphatic heterocycles. The predicted molar refractivity (Wildman–Crippen MR) is 98.9 cm³/mol. The molecule has 0 aliphatic carbocycles. The first-order chi connectivity index (χ1) is 12.1. The summed E-state index contributed by atoms with van der Waals surface area (Å²) in [5, 5.41) is 13.2. The molecule has 0 atom stereocenters. The zero-order valence-electron chi connectivity index (χ0n) is 14.1. The minimum absolute atomic E-state index is 0.0252. The molecule has 3 aromatic rings. The molecule has 4 nitrogen and oxygen atoms in total. The van der Waals surface area contributed by atoms with Crippen molar-refractivity contribution in [2.45, 2.75) is 0 Å². The molecule has 0 fully saturated rings. The van der Waals surface area contributed by atoms with E-state index in [-0.39, 0.29) is 17.2 Å². The lowest BCUT2D eigenvalue weighted by atomic mass is 9.94. The largest absolute Gasteiger partial charge is 0.506 e. The Labute approximate surface area is 146 Å². The third-order valence-electron chi connectivity index (χ3n) is 4.09. The van der Waals surface area contributed by atoms with E-state index in [1.807, 2.05) is 60.7 Å². The molecule has 0 spiro atoms. The van der Waals surface area contributed by atoms with Gasteiger partial charge in [0.1, 0.15) is 11.5 Å². The van der Waals surface area contributed by atoms with Gasteiger partial charge in [0.25, 0.3) is 5.91 Å². The fourth-order valence-electron chi connectivity index (χ4n) is 2.73. The molecule has 126 valence electrons. The van der Waals surface area contributed by atoms with Crippen LogP contribution in [0.25, 0.3) is 22.3 Å². The van der Waals surface area contributed by atoms with Crippen molar-refractivity contribution in [3.63, 3.8) is 0 Å². The molecule has 0 saturated carbocycles. The molecule has 2 N–H and O–H groups in total. The minimum atomic E-state index is -0.329. The van der Waals surface area contributed by atoms with Crippen molar-refractivity contribution in [2.75, 3.05) is 14.2 Å².